The van der Waals surface area contributed by atoms with Crippen LogP contribution in [0.2, 0.25) is 10.0 Å². The molecule has 116 valence electrons. The highest BCUT2D eigenvalue weighted by atomic mass is 35.5. The van der Waals surface area contributed by atoms with Crippen molar-refractivity contribution in [2.75, 3.05) is 5.32 Å². The van der Waals surface area contributed by atoms with Gasteiger partial charge in [-0.3, -0.25) is 9.89 Å². The van der Waals surface area contributed by atoms with Crippen LogP contribution in [-0.2, 0) is 0 Å². The fourth-order valence-electron chi connectivity index (χ4n) is 2.15. The molecule has 1 aromatic heterocycles. The molecule has 0 atom stereocenters. The smallest absolute Gasteiger partial charge is 0.273 e. The first-order valence-electron chi connectivity index (χ1n) is 6.92. The topological polar surface area (TPSA) is 57.8 Å². The van der Waals surface area contributed by atoms with E-state index in [1.165, 1.54) is 0 Å². The van der Waals surface area contributed by atoms with Gasteiger partial charge < -0.3 is 5.32 Å². The Morgan fingerprint density at radius 3 is 2.70 bits per heavy atom. The summed E-state index contributed by atoms with van der Waals surface area (Å²) in [4.78, 5) is 12.3. The second-order valence-electron chi connectivity index (χ2n) is 5.10. The number of hydrogen-bond acceptors (Lipinski definition) is 2. The molecule has 23 heavy (non-hydrogen) atoms. The van der Waals surface area contributed by atoms with Gasteiger partial charge in [0.15, 0.2) is 0 Å². The van der Waals surface area contributed by atoms with Crippen molar-refractivity contribution in [1.82, 2.24) is 10.2 Å². The predicted molar refractivity (Wildman–Crippen MR) is 93.2 cm³/mol. The van der Waals surface area contributed by atoms with Gasteiger partial charge in [0, 0.05) is 21.3 Å². The van der Waals surface area contributed by atoms with E-state index >= 15 is 0 Å². The lowest BCUT2D eigenvalue weighted by atomic mass is 10.1. The summed E-state index contributed by atoms with van der Waals surface area (Å²) in [6, 6.07) is 14.3. The van der Waals surface area contributed by atoms with Gasteiger partial charge in [-0.25, -0.2) is 0 Å². The maximum absolute atomic E-state index is 12.3. The van der Waals surface area contributed by atoms with Gasteiger partial charge in [-0.15, -0.1) is 0 Å². The number of hydrogen-bond donors (Lipinski definition) is 2. The Labute approximate surface area is 143 Å². The third kappa shape index (κ3) is 3.55. The molecule has 0 fully saturated rings. The van der Waals surface area contributed by atoms with E-state index in [4.69, 9.17) is 23.2 Å². The van der Waals surface area contributed by atoms with Crippen LogP contribution in [0.15, 0.2) is 48.5 Å². The highest BCUT2D eigenvalue weighted by Gasteiger charge is 2.12. The normalized spacial score (nSPS) is 10.6. The maximum atomic E-state index is 12.3. The van der Waals surface area contributed by atoms with E-state index in [1.54, 1.807) is 30.3 Å². The van der Waals surface area contributed by atoms with Crippen molar-refractivity contribution in [2.24, 2.45) is 0 Å². The minimum absolute atomic E-state index is 0.271. The third-order valence-electron chi connectivity index (χ3n) is 3.36. The first-order chi connectivity index (χ1) is 11.0. The van der Waals surface area contributed by atoms with Crippen molar-refractivity contribution in [1.29, 1.82) is 0 Å². The minimum atomic E-state index is -0.271. The number of rotatable bonds is 3. The molecule has 0 bridgehead atoms. The van der Waals surface area contributed by atoms with E-state index in [9.17, 15) is 4.79 Å². The molecule has 1 amide bonds. The molecule has 0 saturated heterocycles. The number of nitrogens with one attached hydrogen (secondary N) is 2. The van der Waals surface area contributed by atoms with Crippen LogP contribution in [0.3, 0.4) is 0 Å². The van der Waals surface area contributed by atoms with Crippen molar-refractivity contribution in [3.8, 4) is 11.3 Å². The molecule has 0 unspecified atom stereocenters. The largest absolute Gasteiger partial charge is 0.321 e. The van der Waals surface area contributed by atoms with Gasteiger partial charge in [0.05, 0.1) is 5.69 Å². The molecule has 1 heterocycles. The van der Waals surface area contributed by atoms with Gasteiger partial charge in [0.25, 0.3) is 5.91 Å². The number of benzene rings is 2. The molecule has 0 spiro atoms. The number of carbonyl (C=O) groups is 1. The number of amides is 1. The number of halogens is 2. The average molecular weight is 346 g/mol. The lowest BCUT2D eigenvalue weighted by molar-refractivity contribution is 0.102. The van der Waals surface area contributed by atoms with Gasteiger partial charge in [0.2, 0.25) is 0 Å². The predicted octanol–water partition coefficient (Wildman–Crippen LogP) is 4.94. The number of nitrogens with zero attached hydrogens (tertiary/aromatic N) is 1. The molecule has 3 rings (SSSR count). The van der Waals surface area contributed by atoms with E-state index in [-0.39, 0.29) is 5.91 Å². The van der Waals surface area contributed by atoms with Crippen LogP contribution in [0.5, 0.6) is 0 Å². The second kappa shape index (κ2) is 6.44. The minimum Gasteiger partial charge on any atom is -0.321 e. The number of H-pyrrole nitrogens is 1. The standard InChI is InChI=1S/C17H13Cl2N3O/c1-10-7-13(5-6-14(10)19)20-17(23)16-9-15(21-22-16)11-3-2-4-12(18)8-11/h2-9H,1H3,(H,20,23)(H,21,22). The Bertz CT molecular complexity index is 874. The van der Waals surface area contributed by atoms with Crippen molar-refractivity contribution in [3.63, 3.8) is 0 Å². The number of carbonyl (C=O) groups excluding carboxylic acids is 1. The number of aromatic nitrogens is 2. The summed E-state index contributed by atoms with van der Waals surface area (Å²) < 4.78 is 0. The molecule has 2 aromatic carbocycles. The average Bonchev–Trinajstić information content (AvgIpc) is 3.01. The highest BCUT2D eigenvalue weighted by molar-refractivity contribution is 6.31. The van der Waals surface area contributed by atoms with Crippen LogP contribution in [0.1, 0.15) is 16.1 Å². The van der Waals surface area contributed by atoms with Crippen LogP contribution >= 0.6 is 23.2 Å². The zero-order valence-corrected chi connectivity index (χ0v) is 13.7. The zero-order valence-electron chi connectivity index (χ0n) is 12.2. The van der Waals surface area contributed by atoms with Gasteiger partial charge in [-0.2, -0.15) is 5.10 Å². The molecular weight excluding hydrogens is 333 g/mol. The molecule has 0 radical (unpaired) electrons. The third-order valence-corrected chi connectivity index (χ3v) is 4.02. The summed E-state index contributed by atoms with van der Waals surface area (Å²) in [5.41, 5.74) is 3.44. The summed E-state index contributed by atoms with van der Waals surface area (Å²) in [5.74, 6) is -0.271. The van der Waals surface area contributed by atoms with Crippen molar-refractivity contribution >= 4 is 34.8 Å². The molecule has 2 N–H and O–H groups in total. The van der Waals surface area contributed by atoms with Crippen molar-refractivity contribution < 1.29 is 4.79 Å². The van der Waals surface area contributed by atoms with Crippen molar-refractivity contribution in [3.05, 3.63) is 69.8 Å². The molecule has 6 heteroatoms. The molecule has 0 aliphatic carbocycles. The monoisotopic (exact) mass is 345 g/mol. The van der Waals surface area contributed by atoms with Crippen LogP contribution in [0.25, 0.3) is 11.3 Å². The van der Waals surface area contributed by atoms with Crippen LogP contribution in [-0.4, -0.2) is 16.1 Å². The van der Waals surface area contributed by atoms with E-state index in [0.717, 1.165) is 11.1 Å². The van der Waals surface area contributed by atoms with Gasteiger partial charge in [0.1, 0.15) is 5.69 Å². The Balaban J connectivity index is 1.79. The molecule has 4 nitrogen and oxygen atoms in total. The Morgan fingerprint density at radius 2 is 1.96 bits per heavy atom. The lowest BCUT2D eigenvalue weighted by Crippen LogP contribution is -2.12. The second-order valence-corrected chi connectivity index (χ2v) is 5.94. The first kappa shape index (κ1) is 15.6. The molecule has 3 aromatic rings. The van der Waals surface area contributed by atoms with Crippen LogP contribution < -0.4 is 5.32 Å². The van der Waals surface area contributed by atoms with Crippen molar-refractivity contribution in [2.45, 2.75) is 6.92 Å². The summed E-state index contributed by atoms with van der Waals surface area (Å²) in [5, 5.41) is 11.0. The summed E-state index contributed by atoms with van der Waals surface area (Å²) in [6.07, 6.45) is 0. The summed E-state index contributed by atoms with van der Waals surface area (Å²) in [6.45, 7) is 1.88. The quantitative estimate of drug-likeness (QED) is 0.705. The maximum Gasteiger partial charge on any atom is 0.273 e. The molecule has 0 aliphatic heterocycles. The molecular formula is C17H13Cl2N3O. The van der Waals surface area contributed by atoms with E-state index in [2.05, 4.69) is 15.5 Å². The fraction of sp³-hybridized carbons (Fsp3) is 0.0588. The molecule has 0 saturated carbocycles. The van der Waals surface area contributed by atoms with Gasteiger partial charge in [-0.1, -0.05) is 35.3 Å². The Hall–Kier alpha value is -2.30. The van der Waals surface area contributed by atoms with Crippen LogP contribution in [0.4, 0.5) is 5.69 Å². The Kier molecular flexibility index (Phi) is 4.37. The van der Waals surface area contributed by atoms with E-state index in [1.807, 2.05) is 25.1 Å². The van der Waals surface area contributed by atoms with Gasteiger partial charge in [-0.05, 0) is 48.9 Å². The first-order valence-corrected chi connectivity index (χ1v) is 7.67. The lowest BCUT2D eigenvalue weighted by Gasteiger charge is -2.05. The van der Waals surface area contributed by atoms with Gasteiger partial charge >= 0.3 is 0 Å². The van der Waals surface area contributed by atoms with E-state index in [0.29, 0.717) is 27.1 Å². The summed E-state index contributed by atoms with van der Waals surface area (Å²) >= 11 is 11.9. The Morgan fingerprint density at radius 1 is 1.13 bits per heavy atom. The number of aromatic amines is 1. The van der Waals surface area contributed by atoms with E-state index < -0.39 is 0 Å². The zero-order chi connectivity index (χ0) is 16.4. The SMILES string of the molecule is Cc1cc(NC(=O)c2cc(-c3cccc(Cl)c3)n[nH]2)ccc1Cl. The number of anilines is 1. The summed E-state index contributed by atoms with van der Waals surface area (Å²) in [7, 11) is 0. The van der Waals surface area contributed by atoms with Crippen LogP contribution in [0, 0.1) is 6.92 Å². The fourth-order valence-corrected chi connectivity index (χ4v) is 2.46. The number of aryl methyl sites for hydroxylation is 1. The molecule has 0 aliphatic rings. The highest BCUT2D eigenvalue weighted by Crippen LogP contribution is 2.23.